The summed E-state index contributed by atoms with van der Waals surface area (Å²) in [4.78, 5) is 23.1. The van der Waals surface area contributed by atoms with Crippen molar-refractivity contribution in [3.05, 3.63) is 17.7 Å². The van der Waals surface area contributed by atoms with Gasteiger partial charge in [-0.1, -0.05) is 0 Å². The van der Waals surface area contributed by atoms with Crippen molar-refractivity contribution in [2.75, 3.05) is 19.8 Å². The summed E-state index contributed by atoms with van der Waals surface area (Å²) < 4.78 is 16.6. The van der Waals surface area contributed by atoms with Gasteiger partial charge in [0.15, 0.2) is 5.78 Å². The third-order valence-electron chi connectivity index (χ3n) is 3.02. The first-order valence-corrected chi connectivity index (χ1v) is 7.84. The van der Waals surface area contributed by atoms with E-state index in [9.17, 15) is 9.59 Å². The molecule has 1 rings (SSSR count). The lowest BCUT2D eigenvalue weighted by Gasteiger charge is -2.16. The highest BCUT2D eigenvalue weighted by Gasteiger charge is 2.21. The van der Waals surface area contributed by atoms with Crippen molar-refractivity contribution in [3.8, 4) is 17.2 Å². The average Bonchev–Trinajstić information content (AvgIpc) is 2.47. The van der Waals surface area contributed by atoms with Gasteiger partial charge in [0, 0.05) is 25.0 Å². The Labute approximate surface area is 136 Å². The summed E-state index contributed by atoms with van der Waals surface area (Å²) in [7, 11) is 0. The van der Waals surface area contributed by atoms with Gasteiger partial charge in [0.05, 0.1) is 19.8 Å². The number of carboxylic acid groups (broad SMARTS) is 1. The number of carbonyl (C=O) groups excluding carboxylic acids is 1. The first kappa shape index (κ1) is 18.8. The molecule has 6 heteroatoms. The van der Waals surface area contributed by atoms with Gasteiger partial charge in [0.2, 0.25) is 0 Å². The molecule has 0 aromatic heterocycles. The SMILES string of the molecule is CCOc1cc(OCC)c(C(=O)CCCC(=O)O)c(OCC)c1. The second-order valence-electron chi connectivity index (χ2n) is 4.76. The molecule has 0 saturated carbocycles. The Morgan fingerprint density at radius 1 is 0.913 bits per heavy atom. The fraction of sp³-hybridized carbons (Fsp3) is 0.529. The molecule has 0 spiro atoms. The zero-order valence-corrected chi connectivity index (χ0v) is 13.9. The number of Topliss-reactive ketones (excluding diaryl/α,β-unsaturated/α-hetero) is 1. The Morgan fingerprint density at radius 3 is 1.87 bits per heavy atom. The van der Waals surface area contributed by atoms with Crippen molar-refractivity contribution in [3.63, 3.8) is 0 Å². The van der Waals surface area contributed by atoms with E-state index in [0.717, 1.165) is 0 Å². The zero-order chi connectivity index (χ0) is 17.2. The second-order valence-corrected chi connectivity index (χ2v) is 4.76. The van der Waals surface area contributed by atoms with Crippen LogP contribution in [0.3, 0.4) is 0 Å². The van der Waals surface area contributed by atoms with Crippen LogP contribution in [-0.2, 0) is 4.79 Å². The van der Waals surface area contributed by atoms with Crippen molar-refractivity contribution < 1.29 is 28.9 Å². The molecule has 0 bridgehead atoms. The standard InChI is InChI=1S/C17H24O6/c1-4-21-12-10-14(22-5-2)17(15(11-12)23-6-3)13(18)8-7-9-16(19)20/h10-11H,4-9H2,1-3H3,(H,19,20). The Kier molecular flexibility index (Phi) is 7.94. The van der Waals surface area contributed by atoms with Gasteiger partial charge >= 0.3 is 5.97 Å². The quantitative estimate of drug-likeness (QED) is 0.629. The predicted molar refractivity (Wildman–Crippen MR) is 85.8 cm³/mol. The van der Waals surface area contributed by atoms with Crippen molar-refractivity contribution in [2.45, 2.75) is 40.0 Å². The molecule has 23 heavy (non-hydrogen) atoms. The first-order valence-electron chi connectivity index (χ1n) is 7.84. The number of hydrogen-bond acceptors (Lipinski definition) is 5. The lowest BCUT2D eigenvalue weighted by Crippen LogP contribution is -2.09. The van der Waals surface area contributed by atoms with E-state index in [0.29, 0.717) is 42.6 Å². The van der Waals surface area contributed by atoms with E-state index in [1.54, 1.807) is 12.1 Å². The van der Waals surface area contributed by atoms with E-state index >= 15 is 0 Å². The highest BCUT2D eigenvalue weighted by atomic mass is 16.5. The van der Waals surface area contributed by atoms with E-state index in [2.05, 4.69) is 0 Å². The molecule has 0 unspecified atom stereocenters. The van der Waals surface area contributed by atoms with Crippen LogP contribution in [0.25, 0.3) is 0 Å². The molecule has 0 heterocycles. The first-order chi connectivity index (χ1) is 11.0. The summed E-state index contributed by atoms with van der Waals surface area (Å²) in [6.45, 7) is 6.81. The Bertz CT molecular complexity index is 511. The number of aliphatic carboxylic acids is 1. The van der Waals surface area contributed by atoms with Gasteiger partial charge in [0.25, 0.3) is 0 Å². The molecular weight excluding hydrogens is 300 g/mol. The third-order valence-corrected chi connectivity index (χ3v) is 3.02. The fourth-order valence-corrected chi connectivity index (χ4v) is 2.15. The minimum absolute atomic E-state index is 0.0449. The maximum absolute atomic E-state index is 12.5. The van der Waals surface area contributed by atoms with Crippen LogP contribution >= 0.6 is 0 Å². The normalized spacial score (nSPS) is 10.2. The number of benzene rings is 1. The average molecular weight is 324 g/mol. The number of ketones is 1. The van der Waals surface area contributed by atoms with E-state index in [1.807, 2.05) is 20.8 Å². The molecule has 1 aromatic rings. The van der Waals surface area contributed by atoms with Gasteiger partial charge in [-0.3, -0.25) is 9.59 Å². The van der Waals surface area contributed by atoms with Crippen molar-refractivity contribution >= 4 is 11.8 Å². The third kappa shape index (κ3) is 5.81. The van der Waals surface area contributed by atoms with Crippen LogP contribution in [0.1, 0.15) is 50.4 Å². The number of rotatable bonds is 11. The Hall–Kier alpha value is -2.24. The Morgan fingerprint density at radius 2 is 1.43 bits per heavy atom. The van der Waals surface area contributed by atoms with Gasteiger partial charge in [-0.2, -0.15) is 0 Å². The molecule has 0 aliphatic carbocycles. The summed E-state index contributed by atoms with van der Waals surface area (Å²) in [5.74, 6) is 0.270. The van der Waals surface area contributed by atoms with Gasteiger partial charge in [-0.15, -0.1) is 0 Å². The zero-order valence-electron chi connectivity index (χ0n) is 13.9. The lowest BCUT2D eigenvalue weighted by molar-refractivity contribution is -0.137. The molecule has 6 nitrogen and oxygen atoms in total. The molecule has 0 fully saturated rings. The lowest BCUT2D eigenvalue weighted by atomic mass is 10.0. The smallest absolute Gasteiger partial charge is 0.303 e. The van der Waals surface area contributed by atoms with E-state index in [4.69, 9.17) is 19.3 Å². The largest absolute Gasteiger partial charge is 0.494 e. The summed E-state index contributed by atoms with van der Waals surface area (Å²) >= 11 is 0. The molecule has 128 valence electrons. The molecule has 0 amide bonds. The van der Waals surface area contributed by atoms with Crippen molar-refractivity contribution in [1.29, 1.82) is 0 Å². The minimum atomic E-state index is -0.917. The maximum Gasteiger partial charge on any atom is 0.303 e. The molecule has 1 N–H and O–H groups in total. The van der Waals surface area contributed by atoms with E-state index in [1.165, 1.54) is 0 Å². The molecule has 0 radical (unpaired) electrons. The van der Waals surface area contributed by atoms with Crippen LogP contribution in [0.15, 0.2) is 12.1 Å². The van der Waals surface area contributed by atoms with Gasteiger partial charge in [-0.05, 0) is 27.2 Å². The highest BCUT2D eigenvalue weighted by Crippen LogP contribution is 2.35. The second kappa shape index (κ2) is 9.71. The molecule has 1 aromatic carbocycles. The van der Waals surface area contributed by atoms with Crippen molar-refractivity contribution in [2.24, 2.45) is 0 Å². The number of carbonyl (C=O) groups is 2. The molecule has 0 aliphatic rings. The van der Waals surface area contributed by atoms with Crippen LogP contribution in [0.2, 0.25) is 0 Å². The van der Waals surface area contributed by atoms with Crippen LogP contribution in [0.4, 0.5) is 0 Å². The highest BCUT2D eigenvalue weighted by molar-refractivity contribution is 6.01. The number of ether oxygens (including phenoxy) is 3. The fourth-order valence-electron chi connectivity index (χ4n) is 2.15. The molecule has 0 saturated heterocycles. The topological polar surface area (TPSA) is 82.1 Å². The van der Waals surface area contributed by atoms with Crippen LogP contribution in [0.5, 0.6) is 17.2 Å². The summed E-state index contributed by atoms with van der Waals surface area (Å²) in [6.07, 6.45) is 0.357. The molecular formula is C17H24O6. The van der Waals surface area contributed by atoms with Crippen molar-refractivity contribution in [1.82, 2.24) is 0 Å². The van der Waals surface area contributed by atoms with E-state index < -0.39 is 5.97 Å². The molecule has 0 aliphatic heterocycles. The monoisotopic (exact) mass is 324 g/mol. The van der Waals surface area contributed by atoms with Gasteiger partial charge in [-0.25, -0.2) is 0 Å². The van der Waals surface area contributed by atoms with E-state index in [-0.39, 0.29) is 25.0 Å². The maximum atomic E-state index is 12.5. The predicted octanol–water partition coefficient (Wildman–Crippen LogP) is 3.32. The van der Waals surface area contributed by atoms with Gasteiger partial charge < -0.3 is 19.3 Å². The summed E-state index contributed by atoms with van der Waals surface area (Å²) in [5.41, 5.74) is 0.350. The minimum Gasteiger partial charge on any atom is -0.494 e. The number of hydrogen-bond donors (Lipinski definition) is 1. The van der Waals surface area contributed by atoms with Crippen LogP contribution in [0, 0.1) is 0 Å². The van der Waals surface area contributed by atoms with Crippen LogP contribution < -0.4 is 14.2 Å². The van der Waals surface area contributed by atoms with Crippen LogP contribution in [-0.4, -0.2) is 36.7 Å². The Balaban J connectivity index is 3.13. The molecule has 0 atom stereocenters. The van der Waals surface area contributed by atoms with Gasteiger partial charge in [0.1, 0.15) is 22.8 Å². The summed E-state index contributed by atoms with van der Waals surface area (Å²) in [5, 5.41) is 8.69. The number of carboxylic acids is 1. The summed E-state index contributed by atoms with van der Waals surface area (Å²) in [6, 6.07) is 3.33.